The minimum atomic E-state index is -0.209. The number of fused-ring (bicyclic) bond motifs is 1. The highest BCUT2D eigenvalue weighted by atomic mass is 16.5. The van der Waals surface area contributed by atoms with E-state index in [0.717, 1.165) is 35.9 Å². The molecule has 1 amide bonds. The lowest BCUT2D eigenvalue weighted by molar-refractivity contribution is -0.140. The number of carbonyl (C=O) groups excluding carboxylic acids is 2. The normalized spacial score (nSPS) is 12.1. The maximum absolute atomic E-state index is 13.0. The number of hydrogen-bond donors (Lipinski definition) is 1. The molecule has 0 saturated heterocycles. The molecule has 180 valence electrons. The van der Waals surface area contributed by atoms with Gasteiger partial charge >= 0.3 is 5.97 Å². The number of nitrogens with zero attached hydrogens (tertiary/aromatic N) is 1. The molecule has 0 radical (unpaired) electrons. The van der Waals surface area contributed by atoms with E-state index in [1.165, 1.54) is 7.11 Å². The summed E-state index contributed by atoms with van der Waals surface area (Å²) in [6.07, 6.45) is 4.53. The first-order valence-corrected chi connectivity index (χ1v) is 11.5. The fraction of sp³-hybridized carbons (Fsp3) is 0.481. The zero-order chi connectivity index (χ0) is 24.3. The fourth-order valence-electron chi connectivity index (χ4n) is 3.83. The van der Waals surface area contributed by atoms with Crippen molar-refractivity contribution in [2.24, 2.45) is 5.41 Å². The van der Waals surface area contributed by atoms with E-state index in [2.05, 4.69) is 28.8 Å². The van der Waals surface area contributed by atoms with Crippen molar-refractivity contribution in [1.29, 1.82) is 0 Å². The van der Waals surface area contributed by atoms with E-state index < -0.39 is 0 Å². The van der Waals surface area contributed by atoms with Gasteiger partial charge in [0, 0.05) is 24.9 Å². The number of carbonyl (C=O) groups is 2. The first-order chi connectivity index (χ1) is 15.7. The third kappa shape index (κ3) is 9.26. The van der Waals surface area contributed by atoms with Crippen molar-refractivity contribution in [1.82, 2.24) is 10.2 Å². The summed E-state index contributed by atoms with van der Waals surface area (Å²) in [6, 6.07) is 14.0. The summed E-state index contributed by atoms with van der Waals surface area (Å²) in [5.74, 6) is 0.430. The van der Waals surface area contributed by atoms with Gasteiger partial charge < -0.3 is 19.7 Å². The molecule has 0 aliphatic rings. The Bertz CT molecular complexity index is 945. The second-order valence-electron chi connectivity index (χ2n) is 9.40. The molecule has 0 unspecified atom stereocenters. The lowest BCUT2D eigenvalue weighted by Crippen LogP contribution is -2.40. The average Bonchev–Trinajstić information content (AvgIpc) is 2.78. The third-order valence-electron chi connectivity index (χ3n) is 5.35. The van der Waals surface area contributed by atoms with Crippen LogP contribution in [0.3, 0.4) is 0 Å². The molecule has 0 saturated carbocycles. The van der Waals surface area contributed by atoms with Gasteiger partial charge in [-0.05, 0) is 50.2 Å². The maximum Gasteiger partial charge on any atom is 0.305 e. The standard InChI is InChI=1S/C27H38N2O4/c1-27(2,20-29(3)4)19-28-26(31)22(13-7-6-8-17-25(30)32-5)18-33-24-16-11-14-21-12-9-10-15-23(21)24/h9-16H,6-8,17-20H2,1-5H3,(H,28,31)/b22-13+. The Balaban J connectivity index is 2.06. The summed E-state index contributed by atoms with van der Waals surface area (Å²) in [5, 5.41) is 5.20. The van der Waals surface area contributed by atoms with Gasteiger partial charge in [0.2, 0.25) is 5.91 Å². The van der Waals surface area contributed by atoms with Crippen LogP contribution in [0.4, 0.5) is 0 Å². The summed E-state index contributed by atoms with van der Waals surface area (Å²) < 4.78 is 10.8. The molecular formula is C27H38N2O4. The molecule has 0 spiro atoms. The first-order valence-electron chi connectivity index (χ1n) is 11.5. The van der Waals surface area contributed by atoms with Crippen molar-refractivity contribution in [3.05, 3.63) is 54.1 Å². The van der Waals surface area contributed by atoms with Crippen LogP contribution in [0.2, 0.25) is 0 Å². The summed E-state index contributed by atoms with van der Waals surface area (Å²) in [5.41, 5.74) is 0.544. The Kier molecular flexibility index (Phi) is 10.4. The van der Waals surface area contributed by atoms with Gasteiger partial charge in [-0.15, -0.1) is 0 Å². The van der Waals surface area contributed by atoms with Gasteiger partial charge in [0.1, 0.15) is 12.4 Å². The van der Waals surface area contributed by atoms with Crippen LogP contribution in [0, 0.1) is 5.41 Å². The minimum absolute atomic E-state index is 0.0543. The Labute approximate surface area is 197 Å². The van der Waals surface area contributed by atoms with E-state index in [0.29, 0.717) is 25.0 Å². The van der Waals surface area contributed by atoms with Gasteiger partial charge in [0.15, 0.2) is 0 Å². The van der Waals surface area contributed by atoms with Gasteiger partial charge in [0.05, 0.1) is 12.7 Å². The van der Waals surface area contributed by atoms with Gasteiger partial charge in [-0.25, -0.2) is 0 Å². The molecule has 0 aromatic heterocycles. The predicted molar refractivity (Wildman–Crippen MR) is 133 cm³/mol. The van der Waals surface area contributed by atoms with E-state index in [-0.39, 0.29) is 23.9 Å². The molecule has 0 bridgehead atoms. The Morgan fingerprint density at radius 1 is 1.06 bits per heavy atom. The largest absolute Gasteiger partial charge is 0.488 e. The van der Waals surface area contributed by atoms with Crippen molar-refractivity contribution < 1.29 is 19.1 Å². The zero-order valence-electron chi connectivity index (χ0n) is 20.6. The maximum atomic E-state index is 13.0. The van der Waals surface area contributed by atoms with Crippen molar-refractivity contribution in [3.63, 3.8) is 0 Å². The Hall–Kier alpha value is -2.86. The van der Waals surface area contributed by atoms with E-state index in [9.17, 15) is 9.59 Å². The molecule has 1 N–H and O–H groups in total. The van der Waals surface area contributed by atoms with Crippen LogP contribution in [0.5, 0.6) is 5.75 Å². The molecule has 2 aromatic carbocycles. The highest BCUT2D eigenvalue weighted by Crippen LogP contribution is 2.25. The van der Waals surface area contributed by atoms with E-state index in [1.807, 2.05) is 62.6 Å². The Morgan fingerprint density at radius 3 is 2.52 bits per heavy atom. The highest BCUT2D eigenvalue weighted by molar-refractivity contribution is 5.94. The quantitative estimate of drug-likeness (QED) is 0.273. The number of benzene rings is 2. The lowest BCUT2D eigenvalue weighted by atomic mass is 9.93. The van der Waals surface area contributed by atoms with Crippen molar-refractivity contribution in [2.45, 2.75) is 39.5 Å². The van der Waals surface area contributed by atoms with Crippen LogP contribution >= 0.6 is 0 Å². The molecule has 2 rings (SSSR count). The fourth-order valence-corrected chi connectivity index (χ4v) is 3.83. The van der Waals surface area contributed by atoms with Crippen LogP contribution in [0.15, 0.2) is 54.1 Å². The number of amides is 1. The number of esters is 1. The molecule has 0 heterocycles. The van der Waals surface area contributed by atoms with Crippen molar-refractivity contribution in [3.8, 4) is 5.75 Å². The summed E-state index contributed by atoms with van der Waals surface area (Å²) >= 11 is 0. The van der Waals surface area contributed by atoms with Crippen LogP contribution in [0.25, 0.3) is 10.8 Å². The van der Waals surface area contributed by atoms with Crippen molar-refractivity contribution in [2.75, 3.05) is 40.9 Å². The zero-order valence-corrected chi connectivity index (χ0v) is 20.6. The van der Waals surface area contributed by atoms with Gasteiger partial charge in [-0.2, -0.15) is 0 Å². The number of unbranched alkanes of at least 4 members (excludes halogenated alkanes) is 2. The molecule has 6 nitrogen and oxygen atoms in total. The lowest BCUT2D eigenvalue weighted by Gasteiger charge is -2.28. The van der Waals surface area contributed by atoms with E-state index >= 15 is 0 Å². The summed E-state index contributed by atoms with van der Waals surface area (Å²) in [4.78, 5) is 26.5. The monoisotopic (exact) mass is 454 g/mol. The highest BCUT2D eigenvalue weighted by Gasteiger charge is 2.21. The first kappa shape index (κ1) is 26.4. The number of nitrogens with one attached hydrogen (secondary N) is 1. The number of ether oxygens (including phenoxy) is 2. The molecule has 0 atom stereocenters. The van der Waals surface area contributed by atoms with Gasteiger partial charge in [-0.1, -0.05) is 56.3 Å². The second kappa shape index (κ2) is 13.0. The Morgan fingerprint density at radius 2 is 1.79 bits per heavy atom. The van der Waals surface area contributed by atoms with Gasteiger partial charge in [-0.3, -0.25) is 9.59 Å². The van der Waals surface area contributed by atoms with Crippen LogP contribution in [-0.4, -0.2) is 57.7 Å². The molecule has 6 heteroatoms. The van der Waals surface area contributed by atoms with E-state index in [4.69, 9.17) is 4.74 Å². The SMILES string of the molecule is COC(=O)CCCC/C=C(\COc1cccc2ccccc12)C(=O)NCC(C)(C)CN(C)C. The third-order valence-corrected chi connectivity index (χ3v) is 5.35. The minimum Gasteiger partial charge on any atom is -0.488 e. The number of hydrogen-bond acceptors (Lipinski definition) is 5. The number of rotatable bonds is 13. The average molecular weight is 455 g/mol. The summed E-state index contributed by atoms with van der Waals surface area (Å²) in [6.45, 7) is 5.89. The molecule has 0 aliphatic heterocycles. The van der Waals surface area contributed by atoms with E-state index in [1.54, 1.807) is 0 Å². The smallest absolute Gasteiger partial charge is 0.305 e. The molecule has 0 fully saturated rings. The number of methoxy groups -OCH3 is 1. The van der Waals surface area contributed by atoms with Crippen LogP contribution in [-0.2, 0) is 14.3 Å². The molecule has 2 aromatic rings. The molecule has 0 aliphatic carbocycles. The van der Waals surface area contributed by atoms with Gasteiger partial charge in [0.25, 0.3) is 0 Å². The van der Waals surface area contributed by atoms with Crippen LogP contribution in [0.1, 0.15) is 39.5 Å². The second-order valence-corrected chi connectivity index (χ2v) is 9.40. The topological polar surface area (TPSA) is 67.9 Å². The molecule has 33 heavy (non-hydrogen) atoms. The van der Waals surface area contributed by atoms with Crippen molar-refractivity contribution >= 4 is 22.6 Å². The summed E-state index contributed by atoms with van der Waals surface area (Å²) in [7, 11) is 5.45. The van der Waals surface area contributed by atoms with Crippen LogP contribution < -0.4 is 10.1 Å². The predicted octanol–water partition coefficient (Wildman–Crippen LogP) is 4.58. The number of allylic oxidation sites excluding steroid dienone is 1. The molecular weight excluding hydrogens is 416 g/mol.